The Labute approximate surface area is 140 Å². The van der Waals surface area contributed by atoms with Crippen molar-refractivity contribution in [3.05, 3.63) is 23.8 Å². The van der Waals surface area contributed by atoms with Crippen LogP contribution in [0.5, 0.6) is 5.75 Å². The predicted octanol–water partition coefficient (Wildman–Crippen LogP) is 0.683. The van der Waals surface area contributed by atoms with Crippen molar-refractivity contribution in [2.24, 2.45) is 0 Å². The van der Waals surface area contributed by atoms with Crippen LogP contribution in [0.2, 0.25) is 0 Å². The molecule has 0 radical (unpaired) electrons. The fourth-order valence-corrected chi connectivity index (χ4v) is 4.13. The molecule has 1 aromatic carbocycles. The van der Waals surface area contributed by atoms with Crippen LogP contribution in [0.25, 0.3) is 0 Å². The fraction of sp³-hybridized carbons (Fsp3) is 0.467. The van der Waals surface area contributed by atoms with Gasteiger partial charge in [0, 0.05) is 18.7 Å². The number of carboxylic acid groups (broad SMARTS) is 1. The first kappa shape index (κ1) is 18.2. The summed E-state index contributed by atoms with van der Waals surface area (Å²) < 4.78 is 31.9. The highest BCUT2D eigenvalue weighted by Gasteiger charge is 2.30. The molecule has 1 amide bonds. The summed E-state index contributed by atoms with van der Waals surface area (Å²) in [5.41, 5.74) is 0.0571. The molecule has 2 N–H and O–H groups in total. The number of aliphatic carboxylic acids is 1. The lowest BCUT2D eigenvalue weighted by atomic mass is 10.2. The quantitative estimate of drug-likeness (QED) is 0.775. The van der Waals surface area contributed by atoms with Gasteiger partial charge in [-0.3, -0.25) is 9.59 Å². The van der Waals surface area contributed by atoms with Crippen molar-refractivity contribution >= 4 is 21.9 Å². The number of hydrogen-bond donors (Lipinski definition) is 2. The fourth-order valence-electron chi connectivity index (χ4n) is 2.43. The monoisotopic (exact) mass is 356 g/mol. The largest absolute Gasteiger partial charge is 0.495 e. The third kappa shape index (κ3) is 3.68. The third-order valence-corrected chi connectivity index (χ3v) is 5.75. The van der Waals surface area contributed by atoms with Gasteiger partial charge in [-0.05, 0) is 38.0 Å². The zero-order valence-electron chi connectivity index (χ0n) is 13.5. The Morgan fingerprint density at radius 2 is 1.92 bits per heavy atom. The molecule has 0 aromatic heterocycles. The number of methoxy groups -OCH3 is 1. The van der Waals surface area contributed by atoms with Gasteiger partial charge in [-0.2, -0.15) is 4.31 Å². The molecular weight excluding hydrogens is 336 g/mol. The number of hydrogen-bond acceptors (Lipinski definition) is 5. The van der Waals surface area contributed by atoms with E-state index in [1.807, 2.05) is 0 Å². The zero-order chi connectivity index (χ0) is 17.9. The Bertz CT molecular complexity index is 740. The van der Waals surface area contributed by atoms with Gasteiger partial charge in [-0.15, -0.1) is 0 Å². The van der Waals surface area contributed by atoms with E-state index in [-0.39, 0.29) is 16.2 Å². The summed E-state index contributed by atoms with van der Waals surface area (Å²) in [6.07, 6.45) is 1.58. The van der Waals surface area contributed by atoms with Crippen molar-refractivity contribution < 1.29 is 27.9 Å². The average molecular weight is 356 g/mol. The van der Waals surface area contributed by atoms with Crippen LogP contribution >= 0.6 is 0 Å². The minimum absolute atomic E-state index is 0.0571. The van der Waals surface area contributed by atoms with Crippen molar-refractivity contribution in [3.8, 4) is 5.75 Å². The van der Waals surface area contributed by atoms with Crippen LogP contribution < -0.4 is 10.1 Å². The van der Waals surface area contributed by atoms with Gasteiger partial charge >= 0.3 is 5.97 Å². The third-order valence-electron chi connectivity index (χ3n) is 3.83. The maximum Gasteiger partial charge on any atom is 0.325 e. The summed E-state index contributed by atoms with van der Waals surface area (Å²) in [6.45, 7) is 2.18. The van der Waals surface area contributed by atoms with Crippen LogP contribution in [0.1, 0.15) is 30.1 Å². The summed E-state index contributed by atoms with van der Waals surface area (Å²) in [5.74, 6) is -1.70. The second-order valence-corrected chi connectivity index (χ2v) is 7.42. The van der Waals surface area contributed by atoms with E-state index < -0.39 is 27.9 Å². The lowest BCUT2D eigenvalue weighted by molar-refractivity contribution is -0.138. The number of carbonyl (C=O) groups excluding carboxylic acids is 1. The molecule has 8 nitrogen and oxygen atoms in total. The molecule has 1 fully saturated rings. The molecular formula is C15H20N2O6S. The molecule has 1 saturated heterocycles. The summed E-state index contributed by atoms with van der Waals surface area (Å²) in [4.78, 5) is 22.9. The maximum atomic E-state index is 12.7. The number of nitrogens with one attached hydrogen (secondary N) is 1. The molecule has 1 atom stereocenters. The van der Waals surface area contributed by atoms with Gasteiger partial charge in [-0.1, -0.05) is 0 Å². The molecule has 24 heavy (non-hydrogen) atoms. The molecule has 2 rings (SSSR count). The van der Waals surface area contributed by atoms with Crippen molar-refractivity contribution in [1.82, 2.24) is 9.62 Å². The molecule has 132 valence electrons. The van der Waals surface area contributed by atoms with E-state index >= 15 is 0 Å². The van der Waals surface area contributed by atoms with E-state index in [0.717, 1.165) is 12.8 Å². The number of nitrogens with zero attached hydrogens (tertiary/aromatic N) is 1. The lowest BCUT2D eigenvalue weighted by Crippen LogP contribution is -2.38. The van der Waals surface area contributed by atoms with Crippen molar-refractivity contribution in [2.45, 2.75) is 30.7 Å². The normalized spacial score (nSPS) is 16.6. The van der Waals surface area contributed by atoms with Gasteiger partial charge in [-0.25, -0.2) is 8.42 Å². The molecule has 0 aliphatic carbocycles. The van der Waals surface area contributed by atoms with Gasteiger partial charge in [0.2, 0.25) is 10.0 Å². The van der Waals surface area contributed by atoms with Crippen LogP contribution in [-0.2, 0) is 14.8 Å². The minimum atomic E-state index is -3.77. The van der Waals surface area contributed by atoms with E-state index in [0.29, 0.717) is 13.1 Å². The van der Waals surface area contributed by atoms with E-state index in [9.17, 15) is 18.0 Å². The standard InChI is InChI=1S/C15H20N2O6S/c1-10(15(19)20)16-14(18)11-5-6-12(23-2)13(9-11)24(21,22)17-7-3-4-8-17/h5-6,9-10H,3-4,7-8H2,1-2H3,(H,16,18)(H,19,20)/t10-/m1/s1. The van der Waals surface area contributed by atoms with Gasteiger partial charge in [0.05, 0.1) is 7.11 Å². The van der Waals surface area contributed by atoms with Gasteiger partial charge < -0.3 is 15.2 Å². The van der Waals surface area contributed by atoms with Crippen LogP contribution in [0.15, 0.2) is 23.1 Å². The van der Waals surface area contributed by atoms with Crippen LogP contribution in [0.3, 0.4) is 0 Å². The second-order valence-electron chi connectivity index (χ2n) is 5.51. The summed E-state index contributed by atoms with van der Waals surface area (Å²) >= 11 is 0. The molecule has 1 heterocycles. The highest BCUT2D eigenvalue weighted by molar-refractivity contribution is 7.89. The first-order valence-electron chi connectivity index (χ1n) is 7.49. The van der Waals surface area contributed by atoms with E-state index in [1.54, 1.807) is 0 Å². The number of benzene rings is 1. The molecule has 9 heteroatoms. The summed E-state index contributed by atoms with van der Waals surface area (Å²) in [6, 6.07) is 2.92. The second kappa shape index (κ2) is 7.18. The number of ether oxygens (including phenoxy) is 1. The number of sulfonamides is 1. The topological polar surface area (TPSA) is 113 Å². The van der Waals surface area contributed by atoms with Gasteiger partial charge in [0.25, 0.3) is 5.91 Å². The van der Waals surface area contributed by atoms with E-state index in [1.165, 1.54) is 36.5 Å². The Morgan fingerprint density at radius 3 is 2.46 bits per heavy atom. The number of rotatable bonds is 6. The van der Waals surface area contributed by atoms with Crippen LogP contribution in [0, 0.1) is 0 Å². The highest BCUT2D eigenvalue weighted by atomic mass is 32.2. The molecule has 1 aliphatic rings. The number of carboxylic acids is 1. The Hall–Kier alpha value is -2.13. The molecule has 0 spiro atoms. The van der Waals surface area contributed by atoms with Crippen molar-refractivity contribution in [3.63, 3.8) is 0 Å². The number of amides is 1. The predicted molar refractivity (Wildman–Crippen MR) is 85.6 cm³/mol. The van der Waals surface area contributed by atoms with Gasteiger partial charge in [0.1, 0.15) is 16.7 Å². The smallest absolute Gasteiger partial charge is 0.325 e. The average Bonchev–Trinajstić information content (AvgIpc) is 3.09. The SMILES string of the molecule is COc1ccc(C(=O)N[C@H](C)C(=O)O)cc1S(=O)(=O)N1CCCC1. The Morgan fingerprint density at radius 1 is 1.29 bits per heavy atom. The molecule has 0 bridgehead atoms. The lowest BCUT2D eigenvalue weighted by Gasteiger charge is -2.18. The Kier molecular flexibility index (Phi) is 5.45. The van der Waals surface area contributed by atoms with Crippen molar-refractivity contribution in [1.29, 1.82) is 0 Å². The van der Waals surface area contributed by atoms with E-state index in [4.69, 9.17) is 9.84 Å². The van der Waals surface area contributed by atoms with Crippen molar-refractivity contribution in [2.75, 3.05) is 20.2 Å². The molecule has 0 saturated carbocycles. The Balaban J connectivity index is 2.37. The number of carbonyl (C=O) groups is 2. The highest BCUT2D eigenvalue weighted by Crippen LogP contribution is 2.29. The summed E-state index contributed by atoms with van der Waals surface area (Å²) in [5, 5.41) is 11.1. The van der Waals surface area contributed by atoms with Crippen LogP contribution in [-0.4, -0.2) is 55.9 Å². The maximum absolute atomic E-state index is 12.7. The molecule has 0 unspecified atom stereocenters. The first-order chi connectivity index (χ1) is 11.3. The first-order valence-corrected chi connectivity index (χ1v) is 8.93. The molecule has 1 aromatic rings. The minimum Gasteiger partial charge on any atom is -0.495 e. The summed E-state index contributed by atoms with van der Waals surface area (Å²) in [7, 11) is -2.42. The van der Waals surface area contributed by atoms with E-state index in [2.05, 4.69) is 5.32 Å². The van der Waals surface area contributed by atoms with Crippen LogP contribution in [0.4, 0.5) is 0 Å². The molecule has 1 aliphatic heterocycles. The zero-order valence-corrected chi connectivity index (χ0v) is 14.3. The van der Waals surface area contributed by atoms with Gasteiger partial charge in [0.15, 0.2) is 0 Å².